The van der Waals surface area contributed by atoms with Crippen molar-refractivity contribution in [2.75, 3.05) is 6.61 Å². The Kier molecular flexibility index (Phi) is 2.81. The molecule has 2 aliphatic rings. The lowest BCUT2D eigenvalue weighted by atomic mass is 9.98. The van der Waals surface area contributed by atoms with Gasteiger partial charge >= 0.3 is 0 Å². The summed E-state index contributed by atoms with van der Waals surface area (Å²) in [6, 6.07) is -0.216. The number of nitroso groups, excluding NO2 is 1. The van der Waals surface area contributed by atoms with Crippen LogP contribution in [0.1, 0.15) is 13.3 Å². The second-order valence-corrected chi connectivity index (χ2v) is 3.53. The highest BCUT2D eigenvalue weighted by atomic mass is 16.5. The van der Waals surface area contributed by atoms with E-state index in [1.165, 1.54) is 6.20 Å². The quantitative estimate of drug-likeness (QED) is 0.661. The Balaban J connectivity index is 2.27. The molecule has 0 aromatic rings. The van der Waals surface area contributed by atoms with Crippen LogP contribution < -0.4 is 0 Å². The van der Waals surface area contributed by atoms with Gasteiger partial charge in [0.1, 0.15) is 5.76 Å². The molecule has 0 radical (unpaired) electrons. The first-order chi connectivity index (χ1) is 7.33. The molecule has 0 saturated heterocycles. The highest BCUT2D eigenvalue weighted by Crippen LogP contribution is 2.24. The van der Waals surface area contributed by atoms with E-state index in [4.69, 9.17) is 4.74 Å². The largest absolute Gasteiger partial charge is 0.493 e. The number of hydrogen-bond donors (Lipinski definition) is 0. The van der Waals surface area contributed by atoms with Crippen molar-refractivity contribution in [1.82, 2.24) is 0 Å². The Morgan fingerprint density at radius 1 is 1.40 bits per heavy atom. The molecule has 0 aromatic carbocycles. The summed E-state index contributed by atoms with van der Waals surface area (Å²) in [5.74, 6) is 0.814. The summed E-state index contributed by atoms with van der Waals surface area (Å²) >= 11 is 0. The van der Waals surface area contributed by atoms with E-state index in [-0.39, 0.29) is 6.04 Å². The number of nitrogens with zero attached hydrogens (tertiary/aromatic N) is 1. The Hall–Kier alpha value is -1.64. The van der Waals surface area contributed by atoms with Crippen LogP contribution in [0.25, 0.3) is 0 Å². The molecule has 1 unspecified atom stereocenters. The lowest BCUT2D eigenvalue weighted by Crippen LogP contribution is -2.25. The first-order valence-corrected chi connectivity index (χ1v) is 5.18. The molecule has 78 valence electrons. The zero-order valence-electron chi connectivity index (χ0n) is 8.72. The summed E-state index contributed by atoms with van der Waals surface area (Å²) in [7, 11) is 0. The maximum atomic E-state index is 11.5. The number of rotatable bonds is 3. The van der Waals surface area contributed by atoms with E-state index < -0.39 is 0 Å². The molecule has 15 heavy (non-hydrogen) atoms. The van der Waals surface area contributed by atoms with Crippen molar-refractivity contribution in [2.24, 2.45) is 0 Å². The van der Waals surface area contributed by atoms with Gasteiger partial charge in [-0.1, -0.05) is 19.1 Å². The molecule has 0 spiro atoms. The highest BCUT2D eigenvalue weighted by Gasteiger charge is 2.31. The third kappa shape index (κ3) is 1.91. The summed E-state index contributed by atoms with van der Waals surface area (Å²) in [5, 5.41) is 0. The average Bonchev–Trinajstić information content (AvgIpc) is 2.29. The maximum absolute atomic E-state index is 11.5. The molecule has 0 N–H and O–H groups in total. The van der Waals surface area contributed by atoms with Crippen LogP contribution in [-0.2, 0) is 4.74 Å². The van der Waals surface area contributed by atoms with Crippen molar-refractivity contribution in [1.29, 1.82) is 0 Å². The van der Waals surface area contributed by atoms with E-state index in [2.05, 4.69) is 6.92 Å². The number of fused-ring (bicyclic) bond motifs is 1. The van der Waals surface area contributed by atoms with Crippen molar-refractivity contribution in [3.63, 3.8) is 0 Å². The van der Waals surface area contributed by atoms with E-state index in [1.54, 1.807) is 6.08 Å². The van der Waals surface area contributed by atoms with Gasteiger partial charge in [-0.25, -0.2) is 0 Å². The van der Waals surface area contributed by atoms with E-state index in [0.717, 1.165) is 22.5 Å². The van der Waals surface area contributed by atoms with Gasteiger partial charge in [-0.15, -0.1) is 0 Å². The summed E-state index contributed by atoms with van der Waals surface area (Å²) < 4.78 is 6.53. The second kappa shape index (κ2) is 4.26. The average molecular weight is 204 g/mol. The fourth-order valence-corrected chi connectivity index (χ4v) is 1.65. The van der Waals surface area contributed by atoms with E-state index >= 15 is 0 Å². The first-order valence-electron chi connectivity index (χ1n) is 5.18. The summed E-state index contributed by atoms with van der Waals surface area (Å²) in [5.41, 5.74) is 0.948. The lowest BCUT2D eigenvalue weighted by molar-refractivity contribution is -0.500. The Labute approximate surface area is 89.0 Å². The van der Waals surface area contributed by atoms with Crippen LogP contribution in [-0.4, -0.2) is 17.4 Å². The van der Waals surface area contributed by atoms with Crippen LogP contribution in [0.2, 0.25) is 0 Å². The van der Waals surface area contributed by atoms with Crippen molar-refractivity contribution in [3.8, 4) is 0 Å². The van der Waals surface area contributed by atoms with Gasteiger partial charge in [0.2, 0.25) is 6.20 Å². The molecule has 0 saturated carbocycles. The topological polar surface area (TPSA) is 29.3 Å². The number of allylic oxidation sites excluding steroid dienone is 3. The molecule has 0 bridgehead atoms. The summed E-state index contributed by atoms with van der Waals surface area (Å²) in [4.78, 5) is 11.5. The van der Waals surface area contributed by atoms with E-state index in [0.29, 0.717) is 6.61 Å². The highest BCUT2D eigenvalue weighted by molar-refractivity contribution is 5.41. The second-order valence-electron chi connectivity index (χ2n) is 3.53. The standard InChI is InChI=1S/C12H14NO2/c1-2-9-15-12-7-8-13(14)11-6-4-3-5-10(11)12/h3-8,11H,2,9H2,1H3/q+1. The molecule has 2 rings (SSSR count). The third-order valence-electron chi connectivity index (χ3n) is 2.39. The fraction of sp³-hybridized carbons (Fsp3) is 0.333. The zero-order chi connectivity index (χ0) is 10.7. The molecule has 0 fully saturated rings. The minimum absolute atomic E-state index is 0.216. The van der Waals surface area contributed by atoms with Crippen molar-refractivity contribution >= 4 is 0 Å². The third-order valence-corrected chi connectivity index (χ3v) is 2.39. The van der Waals surface area contributed by atoms with Crippen LogP contribution >= 0.6 is 0 Å². The lowest BCUT2D eigenvalue weighted by Gasteiger charge is -2.16. The van der Waals surface area contributed by atoms with Crippen molar-refractivity contribution in [2.45, 2.75) is 19.4 Å². The molecule has 3 heteroatoms. The molecular weight excluding hydrogens is 190 g/mol. The molecule has 0 aromatic heterocycles. The molecule has 3 nitrogen and oxygen atoms in total. The van der Waals surface area contributed by atoms with Crippen LogP contribution in [0.3, 0.4) is 0 Å². The smallest absolute Gasteiger partial charge is 0.254 e. The van der Waals surface area contributed by atoms with Crippen LogP contribution in [0.4, 0.5) is 0 Å². The minimum Gasteiger partial charge on any atom is -0.493 e. The molecule has 0 amide bonds. The molecule has 1 aliphatic heterocycles. The van der Waals surface area contributed by atoms with Gasteiger partial charge in [0, 0.05) is 15.7 Å². The molecular formula is C12H14NO2+. The Morgan fingerprint density at radius 2 is 2.27 bits per heavy atom. The van der Waals surface area contributed by atoms with Gasteiger partial charge in [0.25, 0.3) is 6.04 Å². The van der Waals surface area contributed by atoms with Gasteiger partial charge < -0.3 is 4.74 Å². The van der Waals surface area contributed by atoms with Crippen molar-refractivity contribution in [3.05, 3.63) is 52.8 Å². The first kappa shape index (κ1) is 9.90. The zero-order valence-corrected chi connectivity index (χ0v) is 8.72. The molecule has 1 aliphatic carbocycles. The predicted octanol–water partition coefficient (Wildman–Crippen LogP) is 2.47. The Morgan fingerprint density at radius 3 is 3.07 bits per heavy atom. The van der Waals surface area contributed by atoms with Gasteiger partial charge in [-0.05, 0) is 18.6 Å². The van der Waals surface area contributed by atoms with Crippen LogP contribution in [0, 0.1) is 4.91 Å². The van der Waals surface area contributed by atoms with Crippen molar-refractivity contribution < 1.29 is 9.50 Å². The fourth-order valence-electron chi connectivity index (χ4n) is 1.65. The summed E-state index contributed by atoms with van der Waals surface area (Å²) in [6.45, 7) is 2.75. The monoisotopic (exact) mass is 204 g/mol. The Bertz CT molecular complexity index is 388. The minimum atomic E-state index is -0.216. The predicted molar refractivity (Wildman–Crippen MR) is 58.1 cm³/mol. The van der Waals surface area contributed by atoms with Crippen LogP contribution in [0.15, 0.2) is 47.9 Å². The normalized spacial score (nSPS) is 23.3. The van der Waals surface area contributed by atoms with E-state index in [1.807, 2.05) is 24.3 Å². The summed E-state index contributed by atoms with van der Waals surface area (Å²) in [6.07, 6.45) is 11.8. The van der Waals surface area contributed by atoms with Gasteiger partial charge in [0.05, 0.1) is 12.2 Å². The maximum Gasteiger partial charge on any atom is 0.254 e. The molecule has 1 atom stereocenters. The van der Waals surface area contributed by atoms with Crippen LogP contribution in [0.5, 0.6) is 0 Å². The number of ether oxygens (including phenoxy) is 1. The molecule has 1 heterocycles. The number of hydrogen-bond acceptors (Lipinski definition) is 2. The van der Waals surface area contributed by atoms with Gasteiger partial charge in [-0.2, -0.15) is 0 Å². The van der Waals surface area contributed by atoms with Gasteiger partial charge in [-0.3, -0.25) is 0 Å². The van der Waals surface area contributed by atoms with Gasteiger partial charge in [0.15, 0.2) is 0 Å². The SMILES string of the molecule is CCCOC1=C2C=CC=CC2[N+](=O)C=C1. The van der Waals surface area contributed by atoms with E-state index in [9.17, 15) is 4.91 Å².